The quantitative estimate of drug-likeness (QED) is 0.643. The van der Waals surface area contributed by atoms with Crippen LogP contribution in [0.2, 0.25) is 0 Å². The van der Waals surface area contributed by atoms with Gasteiger partial charge in [0.15, 0.2) is 0 Å². The molecule has 0 spiro atoms. The van der Waals surface area contributed by atoms with Gasteiger partial charge in [0.1, 0.15) is 29.0 Å². The molecule has 1 heterocycles. The number of carbonyl (C=O) groups is 2. The normalized spacial score (nSPS) is 16.6. The Hall–Kier alpha value is -2.69. The molecule has 0 radical (unpaired) electrons. The Kier molecular flexibility index (Phi) is 3.86. The highest BCUT2D eigenvalue weighted by atomic mass is 19.1. The van der Waals surface area contributed by atoms with Crippen LogP contribution in [-0.2, 0) is 14.3 Å². The number of rotatable bonds is 3. The second kappa shape index (κ2) is 5.83. The van der Waals surface area contributed by atoms with E-state index in [-0.39, 0.29) is 5.78 Å². The molecule has 0 bridgehead atoms. The van der Waals surface area contributed by atoms with Crippen molar-refractivity contribution in [1.29, 1.82) is 0 Å². The first-order valence-electron chi connectivity index (χ1n) is 7.17. The maximum atomic E-state index is 13.7. The van der Waals surface area contributed by atoms with Gasteiger partial charge in [-0.2, -0.15) is 0 Å². The third-order valence-corrected chi connectivity index (χ3v) is 4.01. The molecule has 2 aromatic rings. The van der Waals surface area contributed by atoms with E-state index in [0.29, 0.717) is 22.6 Å². The van der Waals surface area contributed by atoms with Gasteiger partial charge < -0.3 is 9.47 Å². The number of hydrogen-bond acceptors (Lipinski definition) is 4. The zero-order valence-corrected chi connectivity index (χ0v) is 12.7. The van der Waals surface area contributed by atoms with Gasteiger partial charge in [-0.3, -0.25) is 9.59 Å². The van der Waals surface area contributed by atoms with E-state index in [1.54, 1.807) is 24.3 Å². The third-order valence-electron chi connectivity index (χ3n) is 4.01. The molecular weight excluding hydrogens is 299 g/mol. The molecule has 0 N–H and O–H groups in total. The molecule has 0 aliphatic carbocycles. The lowest BCUT2D eigenvalue weighted by molar-refractivity contribution is -0.149. The summed E-state index contributed by atoms with van der Waals surface area (Å²) in [6.45, 7) is 1.33. The van der Waals surface area contributed by atoms with Crippen LogP contribution in [0.15, 0.2) is 42.5 Å². The van der Waals surface area contributed by atoms with E-state index in [2.05, 4.69) is 0 Å². The molecule has 2 atom stereocenters. The van der Waals surface area contributed by atoms with Crippen LogP contribution in [0.3, 0.4) is 0 Å². The number of esters is 1. The number of carbonyl (C=O) groups excluding carboxylic acids is 2. The maximum absolute atomic E-state index is 13.7. The molecule has 118 valence electrons. The van der Waals surface area contributed by atoms with Crippen molar-refractivity contribution in [3.63, 3.8) is 0 Å². The van der Waals surface area contributed by atoms with E-state index in [1.807, 2.05) is 0 Å². The Morgan fingerprint density at radius 1 is 1.13 bits per heavy atom. The number of fused-ring (bicyclic) bond motifs is 2. The minimum atomic E-state index is -1.05. The number of methoxy groups -OCH3 is 1. The lowest BCUT2D eigenvalue weighted by atomic mass is 9.77. The van der Waals surface area contributed by atoms with Gasteiger partial charge in [-0.05, 0) is 31.2 Å². The third kappa shape index (κ3) is 2.59. The van der Waals surface area contributed by atoms with E-state index in [9.17, 15) is 14.0 Å². The Morgan fingerprint density at radius 2 is 1.83 bits per heavy atom. The second-order valence-corrected chi connectivity index (χ2v) is 5.41. The van der Waals surface area contributed by atoms with Gasteiger partial charge in [-0.15, -0.1) is 0 Å². The van der Waals surface area contributed by atoms with E-state index in [4.69, 9.17) is 9.47 Å². The fraction of sp³-hybridized carbons (Fsp3) is 0.222. The standard InChI is InChI=1S/C18H15FO4/c1-10(20)16(18(21)22-2)17-12-5-3-4-6-14(12)23-15-8-7-11(19)9-13(15)17/h3-9,16-17H,1-2H3. The highest BCUT2D eigenvalue weighted by molar-refractivity contribution is 5.99. The molecule has 0 amide bonds. The summed E-state index contributed by atoms with van der Waals surface area (Å²) in [7, 11) is 1.23. The summed E-state index contributed by atoms with van der Waals surface area (Å²) in [4.78, 5) is 24.3. The van der Waals surface area contributed by atoms with Crippen LogP contribution in [0, 0.1) is 11.7 Å². The molecule has 2 unspecified atom stereocenters. The van der Waals surface area contributed by atoms with Gasteiger partial charge in [0.25, 0.3) is 0 Å². The molecule has 0 saturated carbocycles. The van der Waals surface area contributed by atoms with Crippen molar-refractivity contribution in [2.75, 3.05) is 7.11 Å². The van der Waals surface area contributed by atoms with Gasteiger partial charge in [0, 0.05) is 17.0 Å². The fourth-order valence-corrected chi connectivity index (χ4v) is 2.99. The summed E-state index contributed by atoms with van der Waals surface area (Å²) in [6.07, 6.45) is 0. The Labute approximate surface area is 132 Å². The average molecular weight is 314 g/mol. The topological polar surface area (TPSA) is 52.6 Å². The molecule has 3 rings (SSSR count). The molecule has 23 heavy (non-hydrogen) atoms. The van der Waals surface area contributed by atoms with Gasteiger partial charge in [-0.1, -0.05) is 18.2 Å². The summed E-state index contributed by atoms with van der Waals surface area (Å²) in [6, 6.07) is 11.2. The number of ether oxygens (including phenoxy) is 2. The zero-order valence-electron chi connectivity index (χ0n) is 12.7. The first kappa shape index (κ1) is 15.2. The molecule has 1 aliphatic rings. The van der Waals surface area contributed by atoms with Gasteiger partial charge in [0.2, 0.25) is 0 Å². The molecule has 0 fully saturated rings. The first-order chi connectivity index (χ1) is 11.0. The number of benzene rings is 2. The predicted octanol–water partition coefficient (Wildman–Crippen LogP) is 3.44. The average Bonchev–Trinajstić information content (AvgIpc) is 2.54. The first-order valence-corrected chi connectivity index (χ1v) is 7.17. The summed E-state index contributed by atoms with van der Waals surface area (Å²) in [5, 5.41) is 0. The SMILES string of the molecule is COC(=O)C(C(C)=O)C1c2ccccc2Oc2ccc(F)cc21. The molecular formula is C18H15FO4. The monoisotopic (exact) mass is 314 g/mol. The van der Waals surface area contributed by atoms with Crippen LogP contribution in [-0.4, -0.2) is 18.9 Å². The van der Waals surface area contributed by atoms with E-state index in [0.717, 1.165) is 0 Å². The summed E-state index contributed by atoms with van der Waals surface area (Å²) >= 11 is 0. The zero-order chi connectivity index (χ0) is 16.6. The van der Waals surface area contributed by atoms with Crippen molar-refractivity contribution in [3.05, 3.63) is 59.4 Å². The molecule has 5 heteroatoms. The maximum Gasteiger partial charge on any atom is 0.317 e. The fourth-order valence-electron chi connectivity index (χ4n) is 2.99. The van der Waals surface area contributed by atoms with Gasteiger partial charge in [0.05, 0.1) is 7.11 Å². The van der Waals surface area contributed by atoms with Crippen LogP contribution >= 0.6 is 0 Å². The van der Waals surface area contributed by atoms with Gasteiger partial charge in [-0.25, -0.2) is 4.39 Å². The Bertz CT molecular complexity index is 784. The Balaban J connectivity index is 2.24. The number of ketones is 1. The van der Waals surface area contributed by atoms with Crippen LogP contribution in [0.1, 0.15) is 24.0 Å². The van der Waals surface area contributed by atoms with Gasteiger partial charge >= 0.3 is 5.97 Å². The van der Waals surface area contributed by atoms with Crippen molar-refractivity contribution in [2.24, 2.45) is 5.92 Å². The van der Waals surface area contributed by atoms with Crippen molar-refractivity contribution in [2.45, 2.75) is 12.8 Å². The molecule has 4 nitrogen and oxygen atoms in total. The molecule has 1 aliphatic heterocycles. The number of halogens is 1. The van der Waals surface area contributed by atoms with Crippen LogP contribution in [0.5, 0.6) is 11.5 Å². The smallest absolute Gasteiger partial charge is 0.317 e. The van der Waals surface area contributed by atoms with Crippen LogP contribution in [0.25, 0.3) is 0 Å². The summed E-state index contributed by atoms with van der Waals surface area (Å²) in [5.74, 6) is -2.15. The number of hydrogen-bond donors (Lipinski definition) is 0. The van der Waals surface area contributed by atoms with E-state index in [1.165, 1.54) is 32.2 Å². The van der Waals surface area contributed by atoms with Crippen molar-refractivity contribution in [1.82, 2.24) is 0 Å². The number of Topliss-reactive ketones (excluding diaryl/α,β-unsaturated/α-hetero) is 1. The minimum Gasteiger partial charge on any atom is -0.468 e. The molecule has 0 aromatic heterocycles. The molecule has 2 aromatic carbocycles. The molecule has 0 saturated heterocycles. The highest BCUT2D eigenvalue weighted by Crippen LogP contribution is 2.48. The predicted molar refractivity (Wildman–Crippen MR) is 80.9 cm³/mol. The summed E-state index contributed by atoms with van der Waals surface area (Å²) in [5.41, 5.74) is 1.13. The lowest BCUT2D eigenvalue weighted by Crippen LogP contribution is -2.32. The van der Waals surface area contributed by atoms with Crippen LogP contribution < -0.4 is 4.74 Å². The minimum absolute atomic E-state index is 0.339. The van der Waals surface area contributed by atoms with Crippen molar-refractivity contribution < 1.29 is 23.5 Å². The second-order valence-electron chi connectivity index (χ2n) is 5.41. The van der Waals surface area contributed by atoms with Crippen molar-refractivity contribution in [3.8, 4) is 11.5 Å². The highest BCUT2D eigenvalue weighted by Gasteiger charge is 2.40. The lowest BCUT2D eigenvalue weighted by Gasteiger charge is -2.31. The van der Waals surface area contributed by atoms with E-state index < -0.39 is 23.6 Å². The van der Waals surface area contributed by atoms with Crippen molar-refractivity contribution >= 4 is 11.8 Å². The number of para-hydroxylation sites is 1. The van der Waals surface area contributed by atoms with E-state index >= 15 is 0 Å². The summed E-state index contributed by atoms with van der Waals surface area (Å²) < 4.78 is 24.3. The largest absolute Gasteiger partial charge is 0.468 e. The van der Waals surface area contributed by atoms with Crippen LogP contribution in [0.4, 0.5) is 4.39 Å². The Morgan fingerprint density at radius 3 is 2.52 bits per heavy atom.